The van der Waals surface area contributed by atoms with E-state index in [1.165, 1.54) is 12.8 Å². The van der Waals surface area contributed by atoms with Crippen LogP contribution in [0, 0.1) is 0 Å². The van der Waals surface area contributed by atoms with E-state index < -0.39 is 0 Å². The lowest BCUT2D eigenvalue weighted by Crippen LogP contribution is -2.76. The van der Waals surface area contributed by atoms with Crippen molar-refractivity contribution in [2.45, 2.75) is 64.7 Å². The highest BCUT2D eigenvalue weighted by atomic mass is 16.1. The third-order valence-corrected chi connectivity index (χ3v) is 5.14. The SMILES string of the molecule is CC(C)N1C[C@@H]2CCC1C[N+]2(CC(N)=O)C(C)C. The Morgan fingerprint density at radius 2 is 2.00 bits per heavy atom. The predicted molar refractivity (Wildman–Crippen MR) is 73.0 cm³/mol. The number of piperidine rings is 2. The average Bonchev–Trinajstić information content (AvgIpc) is 2.28. The Balaban J connectivity index is 2.23. The first-order valence-corrected chi connectivity index (χ1v) is 7.27. The second-order valence-corrected chi connectivity index (χ2v) is 6.68. The van der Waals surface area contributed by atoms with E-state index in [1.807, 2.05) is 0 Å². The molecule has 3 atom stereocenters. The molecular weight excluding hydrogens is 226 g/mol. The highest BCUT2D eigenvalue weighted by Gasteiger charge is 2.52. The van der Waals surface area contributed by atoms with Crippen LogP contribution in [0.15, 0.2) is 0 Å². The van der Waals surface area contributed by atoms with Crippen LogP contribution in [0.1, 0.15) is 40.5 Å². The van der Waals surface area contributed by atoms with E-state index in [0.29, 0.717) is 30.7 Å². The van der Waals surface area contributed by atoms with Gasteiger partial charge in [-0.3, -0.25) is 9.69 Å². The van der Waals surface area contributed by atoms with E-state index in [1.54, 1.807) is 0 Å². The first-order valence-electron chi connectivity index (χ1n) is 7.27. The molecule has 0 aromatic heterocycles. The first kappa shape index (κ1) is 13.8. The van der Waals surface area contributed by atoms with Crippen LogP contribution in [0.3, 0.4) is 0 Å². The second kappa shape index (κ2) is 4.82. The highest BCUT2D eigenvalue weighted by molar-refractivity contribution is 5.75. The van der Waals surface area contributed by atoms with Gasteiger partial charge in [-0.25, -0.2) is 0 Å². The molecular formula is C14H28N3O+. The van der Waals surface area contributed by atoms with Crippen LogP contribution in [0.2, 0.25) is 0 Å². The lowest BCUT2D eigenvalue weighted by atomic mass is 9.85. The number of rotatable bonds is 4. The molecule has 0 radical (unpaired) electrons. The number of hydrogen-bond acceptors (Lipinski definition) is 2. The van der Waals surface area contributed by atoms with Crippen LogP contribution in [-0.4, -0.2) is 59.1 Å². The Hall–Kier alpha value is -0.610. The van der Waals surface area contributed by atoms with Crippen LogP contribution in [0.25, 0.3) is 0 Å². The van der Waals surface area contributed by atoms with Crippen LogP contribution in [0.4, 0.5) is 0 Å². The number of fused-ring (bicyclic) bond motifs is 3. The van der Waals surface area contributed by atoms with Crippen molar-refractivity contribution >= 4 is 5.91 Å². The number of hydrogen-bond donors (Lipinski definition) is 1. The molecule has 104 valence electrons. The maximum Gasteiger partial charge on any atom is 0.272 e. The minimum atomic E-state index is -0.146. The highest BCUT2D eigenvalue weighted by Crippen LogP contribution is 2.37. The van der Waals surface area contributed by atoms with Gasteiger partial charge in [0.1, 0.15) is 6.04 Å². The zero-order valence-electron chi connectivity index (χ0n) is 12.2. The molecule has 3 aliphatic heterocycles. The number of carbonyl (C=O) groups is 1. The molecule has 0 aromatic rings. The van der Waals surface area contributed by atoms with Crippen LogP contribution >= 0.6 is 0 Å². The van der Waals surface area contributed by atoms with Gasteiger partial charge in [-0.05, 0) is 34.1 Å². The summed E-state index contributed by atoms with van der Waals surface area (Å²) >= 11 is 0. The molecule has 1 amide bonds. The lowest BCUT2D eigenvalue weighted by molar-refractivity contribution is -0.975. The topological polar surface area (TPSA) is 46.3 Å². The standard InChI is InChI=1S/C14H27N3O/c1-10(2)16-7-13-6-5-12(16)8-17(13,11(3)4)9-14(15)18/h10-13H,5-9H2,1-4H3,(H-,15,18)/p+1/t12?,13-,17?/m0/s1. The van der Waals surface area contributed by atoms with E-state index in [9.17, 15) is 4.79 Å². The number of quaternary nitrogens is 1. The molecule has 3 rings (SSSR count). The summed E-state index contributed by atoms with van der Waals surface area (Å²) in [6.45, 7) is 11.8. The molecule has 3 fully saturated rings. The minimum Gasteiger partial charge on any atom is -0.365 e. The number of amides is 1. The van der Waals surface area contributed by atoms with Crippen molar-refractivity contribution in [2.24, 2.45) is 5.73 Å². The van der Waals surface area contributed by atoms with Gasteiger partial charge in [0.15, 0.2) is 6.54 Å². The van der Waals surface area contributed by atoms with E-state index in [2.05, 4.69) is 32.6 Å². The van der Waals surface area contributed by atoms with Gasteiger partial charge in [-0.2, -0.15) is 0 Å². The number of carbonyl (C=O) groups excluding carboxylic acids is 1. The largest absolute Gasteiger partial charge is 0.365 e. The molecule has 0 aromatic carbocycles. The quantitative estimate of drug-likeness (QED) is 0.759. The molecule has 0 aliphatic carbocycles. The summed E-state index contributed by atoms with van der Waals surface area (Å²) < 4.78 is 0.920. The smallest absolute Gasteiger partial charge is 0.272 e. The van der Waals surface area contributed by atoms with Gasteiger partial charge in [0.25, 0.3) is 5.91 Å². The summed E-state index contributed by atoms with van der Waals surface area (Å²) in [5.41, 5.74) is 5.50. The van der Waals surface area contributed by atoms with Crippen molar-refractivity contribution in [3.8, 4) is 0 Å². The average molecular weight is 254 g/mol. The normalized spacial score (nSPS) is 36.6. The third kappa shape index (κ3) is 2.16. The van der Waals surface area contributed by atoms with Gasteiger partial charge in [-0.1, -0.05) is 0 Å². The molecule has 2 N–H and O–H groups in total. The number of nitrogens with zero attached hydrogens (tertiary/aromatic N) is 2. The summed E-state index contributed by atoms with van der Waals surface area (Å²) in [4.78, 5) is 14.1. The van der Waals surface area contributed by atoms with Crippen molar-refractivity contribution in [1.29, 1.82) is 0 Å². The molecule has 0 saturated carbocycles. The van der Waals surface area contributed by atoms with E-state index in [4.69, 9.17) is 5.73 Å². The molecule has 2 bridgehead atoms. The van der Waals surface area contributed by atoms with Crippen LogP contribution < -0.4 is 5.73 Å². The Morgan fingerprint density at radius 1 is 1.33 bits per heavy atom. The van der Waals surface area contributed by atoms with Crippen molar-refractivity contribution in [3.05, 3.63) is 0 Å². The lowest BCUT2D eigenvalue weighted by Gasteiger charge is -2.60. The fourth-order valence-electron chi connectivity index (χ4n) is 4.12. The summed E-state index contributed by atoms with van der Waals surface area (Å²) in [6.07, 6.45) is 2.54. The molecule has 3 heterocycles. The molecule has 18 heavy (non-hydrogen) atoms. The van der Waals surface area contributed by atoms with Gasteiger partial charge in [0, 0.05) is 12.5 Å². The molecule has 4 heteroatoms. The third-order valence-electron chi connectivity index (χ3n) is 5.14. The summed E-state index contributed by atoms with van der Waals surface area (Å²) in [5.74, 6) is -0.146. The maximum atomic E-state index is 11.5. The molecule has 3 saturated heterocycles. The maximum absolute atomic E-state index is 11.5. The summed E-state index contributed by atoms with van der Waals surface area (Å²) in [6, 6.07) is 2.32. The van der Waals surface area contributed by atoms with Crippen LogP contribution in [0.5, 0.6) is 0 Å². The van der Waals surface area contributed by atoms with Gasteiger partial charge in [0.05, 0.1) is 25.2 Å². The Bertz CT molecular complexity index is 329. The van der Waals surface area contributed by atoms with E-state index in [0.717, 1.165) is 17.6 Å². The summed E-state index contributed by atoms with van der Waals surface area (Å²) in [5, 5.41) is 0. The fraction of sp³-hybridized carbons (Fsp3) is 0.929. The van der Waals surface area contributed by atoms with Gasteiger partial charge < -0.3 is 10.2 Å². The zero-order chi connectivity index (χ0) is 13.5. The van der Waals surface area contributed by atoms with Gasteiger partial charge >= 0.3 is 0 Å². The second-order valence-electron chi connectivity index (χ2n) is 6.68. The molecule has 0 spiro atoms. The monoisotopic (exact) mass is 254 g/mol. The van der Waals surface area contributed by atoms with Crippen molar-refractivity contribution < 1.29 is 9.28 Å². The zero-order valence-corrected chi connectivity index (χ0v) is 12.2. The first-order chi connectivity index (χ1) is 8.36. The van der Waals surface area contributed by atoms with Gasteiger partial charge in [0.2, 0.25) is 0 Å². The minimum absolute atomic E-state index is 0.146. The number of primary amides is 1. The molecule has 3 aliphatic rings. The number of nitrogens with two attached hydrogens (primary N) is 1. The Kier molecular flexibility index (Phi) is 3.70. The summed E-state index contributed by atoms with van der Waals surface area (Å²) in [7, 11) is 0. The van der Waals surface area contributed by atoms with Crippen molar-refractivity contribution in [2.75, 3.05) is 19.6 Å². The fourth-order valence-corrected chi connectivity index (χ4v) is 4.12. The van der Waals surface area contributed by atoms with Crippen LogP contribution in [-0.2, 0) is 4.79 Å². The Morgan fingerprint density at radius 3 is 2.39 bits per heavy atom. The number of piperazine rings is 1. The van der Waals surface area contributed by atoms with Crippen molar-refractivity contribution in [3.63, 3.8) is 0 Å². The Labute approximate surface area is 111 Å². The van der Waals surface area contributed by atoms with Crippen molar-refractivity contribution in [1.82, 2.24) is 4.90 Å². The van der Waals surface area contributed by atoms with E-state index >= 15 is 0 Å². The molecule has 2 unspecified atom stereocenters. The molecule has 4 nitrogen and oxygen atoms in total. The predicted octanol–water partition coefficient (Wildman–Crippen LogP) is 0.952. The van der Waals surface area contributed by atoms with Gasteiger partial charge in [-0.15, -0.1) is 0 Å². The van der Waals surface area contributed by atoms with E-state index in [-0.39, 0.29) is 5.91 Å².